The molecule has 3 aromatic heterocycles. The van der Waals surface area contributed by atoms with E-state index in [1.54, 1.807) is 18.5 Å². The standard InChI is InChI=1S/C21H21N5O/c1-14-18-13-23-26(19-10-5-6-11-22-19)21(27)20(18)15(2)25(14)17-9-7-8-16(12-17)24(3)4/h5-13H,1-4H3. The minimum Gasteiger partial charge on any atom is -0.378 e. The van der Waals surface area contributed by atoms with Crippen LogP contribution in [0.5, 0.6) is 0 Å². The van der Waals surface area contributed by atoms with Crippen LogP contribution < -0.4 is 10.5 Å². The Labute approximate surface area is 157 Å². The van der Waals surface area contributed by atoms with E-state index in [1.807, 2.05) is 46.1 Å². The molecule has 0 aliphatic carbocycles. The van der Waals surface area contributed by atoms with Crippen molar-refractivity contribution in [1.29, 1.82) is 0 Å². The van der Waals surface area contributed by atoms with E-state index in [9.17, 15) is 4.79 Å². The van der Waals surface area contributed by atoms with Crippen LogP contribution in [0.1, 0.15) is 11.4 Å². The van der Waals surface area contributed by atoms with Crippen molar-refractivity contribution in [1.82, 2.24) is 19.3 Å². The molecule has 6 nitrogen and oxygen atoms in total. The second kappa shape index (κ2) is 6.39. The molecule has 4 rings (SSSR count). The van der Waals surface area contributed by atoms with E-state index in [-0.39, 0.29) is 5.56 Å². The molecule has 3 heterocycles. The number of nitrogens with zero attached hydrogens (tertiary/aromatic N) is 5. The van der Waals surface area contributed by atoms with Gasteiger partial charge >= 0.3 is 0 Å². The molecule has 0 aliphatic rings. The van der Waals surface area contributed by atoms with Gasteiger partial charge in [-0.3, -0.25) is 4.79 Å². The van der Waals surface area contributed by atoms with Gasteiger partial charge in [0.25, 0.3) is 5.56 Å². The van der Waals surface area contributed by atoms with E-state index in [1.165, 1.54) is 4.68 Å². The van der Waals surface area contributed by atoms with Gasteiger partial charge in [0.15, 0.2) is 5.82 Å². The fourth-order valence-electron chi connectivity index (χ4n) is 3.50. The normalized spacial score (nSPS) is 11.1. The summed E-state index contributed by atoms with van der Waals surface area (Å²) in [5.74, 6) is 0.517. The first kappa shape index (κ1) is 17.0. The fraction of sp³-hybridized carbons (Fsp3) is 0.190. The fourth-order valence-corrected chi connectivity index (χ4v) is 3.50. The number of benzene rings is 1. The number of anilines is 1. The van der Waals surface area contributed by atoms with Crippen molar-refractivity contribution in [3.8, 4) is 11.5 Å². The van der Waals surface area contributed by atoms with Crippen molar-refractivity contribution >= 4 is 16.5 Å². The average Bonchev–Trinajstić information content (AvgIpc) is 2.94. The first-order valence-electron chi connectivity index (χ1n) is 8.78. The van der Waals surface area contributed by atoms with Crippen LogP contribution in [-0.4, -0.2) is 33.4 Å². The van der Waals surface area contributed by atoms with E-state index in [4.69, 9.17) is 0 Å². The summed E-state index contributed by atoms with van der Waals surface area (Å²) in [7, 11) is 4.03. The predicted octanol–water partition coefficient (Wildman–Crippen LogP) is 3.25. The number of rotatable bonds is 3. The molecule has 0 radical (unpaired) electrons. The number of aromatic nitrogens is 4. The molecule has 0 bridgehead atoms. The lowest BCUT2D eigenvalue weighted by molar-refractivity contribution is 0.794. The Morgan fingerprint density at radius 1 is 1.00 bits per heavy atom. The van der Waals surface area contributed by atoms with Gasteiger partial charge in [-0.25, -0.2) is 4.98 Å². The summed E-state index contributed by atoms with van der Waals surface area (Å²) in [6.45, 7) is 3.99. The zero-order valence-corrected chi connectivity index (χ0v) is 15.8. The highest BCUT2D eigenvalue weighted by atomic mass is 16.1. The van der Waals surface area contributed by atoms with Crippen molar-refractivity contribution in [2.75, 3.05) is 19.0 Å². The Hall–Kier alpha value is -3.41. The maximum absolute atomic E-state index is 13.2. The zero-order valence-electron chi connectivity index (χ0n) is 15.8. The van der Waals surface area contributed by atoms with Gasteiger partial charge in [-0.15, -0.1) is 0 Å². The molecule has 0 aliphatic heterocycles. The zero-order chi connectivity index (χ0) is 19.1. The Kier molecular flexibility index (Phi) is 4.03. The Morgan fingerprint density at radius 3 is 2.52 bits per heavy atom. The summed E-state index contributed by atoms with van der Waals surface area (Å²) in [6.07, 6.45) is 3.41. The van der Waals surface area contributed by atoms with Gasteiger partial charge in [-0.2, -0.15) is 9.78 Å². The molecule has 0 unspecified atom stereocenters. The lowest BCUT2D eigenvalue weighted by Crippen LogP contribution is -2.21. The van der Waals surface area contributed by atoms with E-state index in [2.05, 4.69) is 37.7 Å². The molecule has 0 spiro atoms. The molecular weight excluding hydrogens is 338 g/mol. The lowest BCUT2D eigenvalue weighted by Gasteiger charge is -2.15. The SMILES string of the molecule is Cc1c2cnn(-c3ccccn3)c(=O)c2c(C)n1-c1cccc(N(C)C)c1. The molecule has 0 N–H and O–H groups in total. The monoisotopic (exact) mass is 359 g/mol. The molecule has 0 atom stereocenters. The first-order valence-corrected chi connectivity index (χ1v) is 8.78. The summed E-state index contributed by atoms with van der Waals surface area (Å²) >= 11 is 0. The third-order valence-corrected chi connectivity index (χ3v) is 4.87. The van der Waals surface area contributed by atoms with E-state index < -0.39 is 0 Å². The molecule has 0 fully saturated rings. The predicted molar refractivity (Wildman–Crippen MR) is 108 cm³/mol. The highest BCUT2D eigenvalue weighted by Gasteiger charge is 2.18. The number of pyridine rings is 1. The summed E-state index contributed by atoms with van der Waals surface area (Å²) in [4.78, 5) is 19.5. The second-order valence-corrected chi connectivity index (χ2v) is 6.76. The van der Waals surface area contributed by atoms with Crippen LogP contribution in [0.2, 0.25) is 0 Å². The van der Waals surface area contributed by atoms with Crippen LogP contribution in [0.25, 0.3) is 22.3 Å². The maximum Gasteiger partial charge on any atom is 0.282 e. The number of fused-ring (bicyclic) bond motifs is 1. The molecule has 0 saturated heterocycles. The summed E-state index contributed by atoms with van der Waals surface area (Å²) in [5, 5.41) is 5.88. The molecule has 6 heteroatoms. The van der Waals surface area contributed by atoms with Gasteiger partial charge in [-0.1, -0.05) is 12.1 Å². The topological polar surface area (TPSA) is 56.0 Å². The summed E-state index contributed by atoms with van der Waals surface area (Å²) in [5.41, 5.74) is 3.87. The summed E-state index contributed by atoms with van der Waals surface area (Å²) < 4.78 is 3.47. The second-order valence-electron chi connectivity index (χ2n) is 6.76. The molecule has 136 valence electrons. The molecule has 1 aromatic carbocycles. The van der Waals surface area contributed by atoms with Crippen molar-refractivity contribution in [2.45, 2.75) is 13.8 Å². The minimum atomic E-state index is -0.158. The lowest BCUT2D eigenvalue weighted by atomic mass is 10.2. The third kappa shape index (κ3) is 2.70. The Bertz CT molecular complexity index is 1190. The smallest absolute Gasteiger partial charge is 0.282 e. The van der Waals surface area contributed by atoms with E-state index in [0.29, 0.717) is 11.2 Å². The van der Waals surface area contributed by atoms with Crippen molar-refractivity contribution in [3.63, 3.8) is 0 Å². The number of aryl methyl sites for hydroxylation is 2. The van der Waals surface area contributed by atoms with Crippen LogP contribution in [0.3, 0.4) is 0 Å². The minimum absolute atomic E-state index is 0.158. The van der Waals surface area contributed by atoms with Gasteiger partial charge in [0.1, 0.15) is 0 Å². The van der Waals surface area contributed by atoms with Crippen molar-refractivity contribution in [3.05, 3.63) is 76.6 Å². The third-order valence-electron chi connectivity index (χ3n) is 4.87. The van der Waals surface area contributed by atoms with Gasteiger partial charge in [0, 0.05) is 48.4 Å². The van der Waals surface area contributed by atoms with Crippen LogP contribution in [0, 0.1) is 13.8 Å². The van der Waals surface area contributed by atoms with Gasteiger partial charge in [0.2, 0.25) is 0 Å². The van der Waals surface area contributed by atoms with Crippen LogP contribution >= 0.6 is 0 Å². The van der Waals surface area contributed by atoms with Crippen molar-refractivity contribution < 1.29 is 0 Å². The molecule has 27 heavy (non-hydrogen) atoms. The quantitative estimate of drug-likeness (QED) is 0.563. The van der Waals surface area contributed by atoms with Crippen LogP contribution in [-0.2, 0) is 0 Å². The first-order chi connectivity index (χ1) is 13.0. The Balaban J connectivity index is 1.98. The molecule has 0 saturated carbocycles. The van der Waals surface area contributed by atoms with E-state index in [0.717, 1.165) is 28.1 Å². The molecule has 4 aromatic rings. The van der Waals surface area contributed by atoms with Gasteiger partial charge < -0.3 is 9.47 Å². The number of hydrogen-bond donors (Lipinski definition) is 0. The van der Waals surface area contributed by atoms with Crippen LogP contribution in [0.4, 0.5) is 5.69 Å². The highest BCUT2D eigenvalue weighted by molar-refractivity contribution is 5.88. The largest absolute Gasteiger partial charge is 0.378 e. The molecular formula is C21H21N5O. The Morgan fingerprint density at radius 2 is 1.81 bits per heavy atom. The molecule has 0 amide bonds. The average molecular weight is 359 g/mol. The highest BCUT2D eigenvalue weighted by Crippen LogP contribution is 2.27. The van der Waals surface area contributed by atoms with Crippen LogP contribution in [0.15, 0.2) is 59.7 Å². The van der Waals surface area contributed by atoms with E-state index >= 15 is 0 Å². The van der Waals surface area contributed by atoms with Crippen molar-refractivity contribution in [2.24, 2.45) is 0 Å². The maximum atomic E-state index is 13.2. The summed E-state index contributed by atoms with van der Waals surface area (Å²) in [6, 6.07) is 13.7. The number of hydrogen-bond acceptors (Lipinski definition) is 4. The van der Waals surface area contributed by atoms with Gasteiger partial charge in [-0.05, 0) is 44.2 Å². The van der Waals surface area contributed by atoms with Gasteiger partial charge in [0.05, 0.1) is 11.6 Å².